The molecule has 3 aromatic heterocycles. The Labute approximate surface area is 122 Å². The first-order valence-corrected chi connectivity index (χ1v) is 7.91. The minimum atomic E-state index is 0.193. The normalized spacial score (nSPS) is 11.1. The second-order valence-corrected chi connectivity index (χ2v) is 6.33. The average molecular weight is 312 g/mol. The first-order valence-electron chi connectivity index (χ1n) is 5.49. The van der Waals surface area contributed by atoms with Crippen molar-refractivity contribution in [2.45, 2.75) is 10.8 Å². The van der Waals surface area contributed by atoms with Gasteiger partial charge < -0.3 is 10.3 Å². The van der Waals surface area contributed by atoms with Gasteiger partial charge in [-0.05, 0) is 30.0 Å². The summed E-state index contributed by atoms with van der Waals surface area (Å²) in [6, 6.07) is 4.22. The lowest BCUT2D eigenvalue weighted by Crippen LogP contribution is -2.01. The van der Waals surface area contributed by atoms with E-state index < -0.39 is 0 Å². The SMILES string of the molecule is CSc1ccc(CNc2nc(Cl)nc3nc[nH]c23)s1. The third kappa shape index (κ3) is 2.68. The van der Waals surface area contributed by atoms with E-state index in [-0.39, 0.29) is 5.28 Å². The standard InChI is InChI=1S/C11H10ClN5S2/c1-18-7-3-2-6(19-7)4-13-9-8-10(15-5-14-8)17-11(12)16-9/h2-3,5H,4H2,1H3,(H2,13,14,15,16,17). The number of aromatic nitrogens is 4. The number of H-pyrrole nitrogens is 1. The van der Waals surface area contributed by atoms with E-state index in [0.29, 0.717) is 18.0 Å². The van der Waals surface area contributed by atoms with Gasteiger partial charge in [-0.25, -0.2) is 4.98 Å². The molecule has 0 amide bonds. The number of rotatable bonds is 4. The summed E-state index contributed by atoms with van der Waals surface area (Å²) < 4.78 is 1.30. The van der Waals surface area contributed by atoms with Gasteiger partial charge in [-0.2, -0.15) is 9.97 Å². The van der Waals surface area contributed by atoms with Crippen LogP contribution in [0.25, 0.3) is 11.2 Å². The van der Waals surface area contributed by atoms with Gasteiger partial charge in [0.15, 0.2) is 11.5 Å². The van der Waals surface area contributed by atoms with E-state index in [1.54, 1.807) is 29.4 Å². The molecule has 0 bridgehead atoms. The minimum absolute atomic E-state index is 0.193. The Morgan fingerprint density at radius 2 is 2.32 bits per heavy atom. The summed E-state index contributed by atoms with van der Waals surface area (Å²) in [6.07, 6.45) is 3.65. The smallest absolute Gasteiger partial charge is 0.226 e. The van der Waals surface area contributed by atoms with Crippen molar-refractivity contribution < 1.29 is 0 Å². The molecule has 0 spiro atoms. The van der Waals surface area contributed by atoms with E-state index in [1.807, 2.05) is 0 Å². The van der Waals surface area contributed by atoms with Gasteiger partial charge in [0.05, 0.1) is 17.1 Å². The van der Waals surface area contributed by atoms with Crippen LogP contribution in [0.2, 0.25) is 5.28 Å². The molecule has 0 radical (unpaired) electrons. The predicted molar refractivity (Wildman–Crippen MR) is 80.1 cm³/mol. The van der Waals surface area contributed by atoms with Gasteiger partial charge in [0.2, 0.25) is 5.28 Å². The summed E-state index contributed by atoms with van der Waals surface area (Å²) in [5.74, 6) is 0.673. The number of aromatic amines is 1. The van der Waals surface area contributed by atoms with Crippen molar-refractivity contribution >= 4 is 51.7 Å². The predicted octanol–water partition coefficient (Wildman–Crippen LogP) is 3.40. The molecule has 5 nitrogen and oxygen atoms in total. The monoisotopic (exact) mass is 311 g/mol. The van der Waals surface area contributed by atoms with Crippen LogP contribution in [0.5, 0.6) is 0 Å². The fourth-order valence-electron chi connectivity index (χ4n) is 1.67. The van der Waals surface area contributed by atoms with E-state index in [0.717, 1.165) is 5.52 Å². The first-order chi connectivity index (χ1) is 9.26. The van der Waals surface area contributed by atoms with Crippen molar-refractivity contribution in [1.29, 1.82) is 0 Å². The molecular formula is C11H10ClN5S2. The van der Waals surface area contributed by atoms with Crippen LogP contribution in [0.15, 0.2) is 22.7 Å². The summed E-state index contributed by atoms with van der Waals surface area (Å²) in [5.41, 5.74) is 1.34. The lowest BCUT2D eigenvalue weighted by Gasteiger charge is -2.04. The molecule has 3 heterocycles. The second-order valence-electron chi connectivity index (χ2n) is 3.72. The van der Waals surface area contributed by atoms with Crippen LogP contribution in [-0.2, 0) is 6.54 Å². The van der Waals surface area contributed by atoms with Gasteiger partial charge in [0.25, 0.3) is 0 Å². The van der Waals surface area contributed by atoms with Crippen molar-refractivity contribution in [3.05, 3.63) is 28.6 Å². The molecule has 0 aromatic carbocycles. The van der Waals surface area contributed by atoms with Crippen LogP contribution in [0.4, 0.5) is 5.82 Å². The van der Waals surface area contributed by atoms with E-state index in [9.17, 15) is 0 Å². The lowest BCUT2D eigenvalue weighted by molar-refractivity contribution is 1.12. The van der Waals surface area contributed by atoms with Crippen molar-refractivity contribution in [2.24, 2.45) is 0 Å². The van der Waals surface area contributed by atoms with Crippen LogP contribution in [0.1, 0.15) is 4.88 Å². The van der Waals surface area contributed by atoms with Crippen LogP contribution in [0.3, 0.4) is 0 Å². The zero-order valence-electron chi connectivity index (χ0n) is 9.98. The second kappa shape index (κ2) is 5.36. The van der Waals surface area contributed by atoms with Gasteiger partial charge in [-0.1, -0.05) is 0 Å². The number of anilines is 1. The summed E-state index contributed by atoms with van der Waals surface area (Å²) in [4.78, 5) is 16.6. The van der Waals surface area contributed by atoms with Crippen molar-refractivity contribution in [3.63, 3.8) is 0 Å². The molecule has 2 N–H and O–H groups in total. The number of hydrogen-bond acceptors (Lipinski definition) is 6. The molecule has 0 fully saturated rings. The minimum Gasteiger partial charge on any atom is -0.363 e. The van der Waals surface area contributed by atoms with Crippen LogP contribution in [0, 0.1) is 0 Å². The average Bonchev–Trinajstić information content (AvgIpc) is 3.03. The molecule has 98 valence electrons. The zero-order valence-corrected chi connectivity index (χ0v) is 12.4. The Kier molecular flexibility index (Phi) is 3.58. The van der Waals surface area contributed by atoms with E-state index in [1.165, 1.54) is 9.09 Å². The Morgan fingerprint density at radius 3 is 3.11 bits per heavy atom. The van der Waals surface area contributed by atoms with Crippen molar-refractivity contribution in [1.82, 2.24) is 19.9 Å². The Bertz CT molecular complexity index is 708. The molecule has 0 saturated carbocycles. The maximum atomic E-state index is 5.87. The quantitative estimate of drug-likeness (QED) is 0.571. The number of thioether (sulfide) groups is 1. The highest BCUT2D eigenvalue weighted by atomic mass is 35.5. The van der Waals surface area contributed by atoms with Crippen LogP contribution in [-0.4, -0.2) is 26.2 Å². The van der Waals surface area contributed by atoms with Crippen LogP contribution >= 0.6 is 34.7 Å². The molecule has 0 atom stereocenters. The van der Waals surface area contributed by atoms with E-state index in [2.05, 4.69) is 43.6 Å². The zero-order chi connectivity index (χ0) is 13.2. The maximum Gasteiger partial charge on any atom is 0.226 e. The largest absolute Gasteiger partial charge is 0.363 e. The first kappa shape index (κ1) is 12.7. The molecule has 0 unspecified atom stereocenters. The fourth-order valence-corrected chi connectivity index (χ4v) is 3.37. The van der Waals surface area contributed by atoms with Crippen molar-refractivity contribution in [3.8, 4) is 0 Å². The molecule has 19 heavy (non-hydrogen) atoms. The van der Waals surface area contributed by atoms with Crippen molar-refractivity contribution in [2.75, 3.05) is 11.6 Å². The molecule has 3 rings (SSSR count). The molecule has 0 aliphatic carbocycles. The highest BCUT2D eigenvalue weighted by molar-refractivity contribution is 8.00. The summed E-state index contributed by atoms with van der Waals surface area (Å²) in [7, 11) is 0. The van der Waals surface area contributed by atoms with Gasteiger partial charge in [-0.3, -0.25) is 0 Å². The van der Waals surface area contributed by atoms with Gasteiger partial charge in [0, 0.05) is 4.88 Å². The van der Waals surface area contributed by atoms with Crippen LogP contribution < -0.4 is 5.32 Å². The number of nitrogens with one attached hydrogen (secondary N) is 2. The highest BCUT2D eigenvalue weighted by Gasteiger charge is 2.09. The summed E-state index contributed by atoms with van der Waals surface area (Å²) in [5, 5.41) is 3.46. The maximum absolute atomic E-state index is 5.87. The fraction of sp³-hybridized carbons (Fsp3) is 0.182. The Morgan fingerprint density at radius 1 is 1.42 bits per heavy atom. The van der Waals surface area contributed by atoms with E-state index in [4.69, 9.17) is 11.6 Å². The summed E-state index contributed by atoms with van der Waals surface area (Å²) >= 11 is 9.38. The van der Waals surface area contributed by atoms with Gasteiger partial charge >= 0.3 is 0 Å². The number of thiophene rings is 1. The molecule has 3 aromatic rings. The number of imidazole rings is 1. The topological polar surface area (TPSA) is 66.5 Å². The van der Waals surface area contributed by atoms with E-state index >= 15 is 0 Å². The molecule has 0 aliphatic heterocycles. The molecule has 0 saturated heterocycles. The molecular weight excluding hydrogens is 302 g/mol. The van der Waals surface area contributed by atoms with Gasteiger partial charge in [0.1, 0.15) is 5.52 Å². The molecule has 8 heteroatoms. The van der Waals surface area contributed by atoms with Gasteiger partial charge in [-0.15, -0.1) is 23.1 Å². The Balaban J connectivity index is 1.83. The number of nitrogens with zero attached hydrogens (tertiary/aromatic N) is 3. The third-order valence-corrected chi connectivity index (χ3v) is 4.86. The number of hydrogen-bond donors (Lipinski definition) is 2. The third-order valence-electron chi connectivity index (χ3n) is 2.53. The Hall–Kier alpha value is -1.31. The molecule has 0 aliphatic rings. The summed E-state index contributed by atoms with van der Waals surface area (Å²) in [6.45, 7) is 0.701. The lowest BCUT2D eigenvalue weighted by atomic mass is 10.4. The number of halogens is 1. The highest BCUT2D eigenvalue weighted by Crippen LogP contribution is 2.26. The number of fused-ring (bicyclic) bond motifs is 1.